The Morgan fingerprint density at radius 2 is 2.00 bits per heavy atom. The fourth-order valence-electron chi connectivity index (χ4n) is 4.36. The number of unbranched alkanes of at least 4 members (excludes halogenated alkanes) is 1. The van der Waals surface area contributed by atoms with Crippen molar-refractivity contribution >= 4 is 5.57 Å². The number of hydrogen-bond acceptors (Lipinski definition) is 1. The zero-order valence-corrected chi connectivity index (χ0v) is 19.0. The maximum Gasteiger partial charge on any atom is 0.123 e. The van der Waals surface area contributed by atoms with Gasteiger partial charge in [-0.1, -0.05) is 49.1 Å². The van der Waals surface area contributed by atoms with E-state index >= 15 is 0 Å². The van der Waals surface area contributed by atoms with E-state index < -0.39 is 0 Å². The number of nitrogens with zero attached hydrogens (tertiary/aromatic N) is 1. The molecule has 0 saturated carbocycles. The van der Waals surface area contributed by atoms with Gasteiger partial charge in [-0.25, -0.2) is 8.78 Å². The van der Waals surface area contributed by atoms with Gasteiger partial charge < -0.3 is 4.90 Å². The summed E-state index contributed by atoms with van der Waals surface area (Å²) < 4.78 is 26.7. The molecule has 1 aromatic rings. The maximum absolute atomic E-state index is 13.4. The summed E-state index contributed by atoms with van der Waals surface area (Å²) in [5.74, 6) is 0.170. The smallest absolute Gasteiger partial charge is 0.123 e. The lowest BCUT2D eigenvalue weighted by Crippen LogP contribution is -2.21. The molecule has 0 radical (unpaired) electrons. The van der Waals surface area contributed by atoms with E-state index in [1.54, 1.807) is 0 Å². The number of halogens is 2. The predicted molar refractivity (Wildman–Crippen MR) is 132 cm³/mol. The van der Waals surface area contributed by atoms with Crippen LogP contribution in [0.3, 0.4) is 0 Å². The molecule has 1 aliphatic heterocycles. The van der Waals surface area contributed by atoms with Crippen LogP contribution in [-0.4, -0.2) is 18.0 Å². The van der Waals surface area contributed by atoms with Crippen LogP contribution in [0.4, 0.5) is 8.78 Å². The van der Waals surface area contributed by atoms with Crippen LogP contribution in [0.2, 0.25) is 0 Å². The van der Waals surface area contributed by atoms with Crippen LogP contribution in [0.1, 0.15) is 44.6 Å². The first-order valence-electron chi connectivity index (χ1n) is 11.4. The molecule has 32 heavy (non-hydrogen) atoms. The van der Waals surface area contributed by atoms with E-state index in [1.165, 1.54) is 41.6 Å². The monoisotopic (exact) mass is 433 g/mol. The highest BCUT2D eigenvalue weighted by molar-refractivity contribution is 5.72. The Morgan fingerprint density at radius 1 is 1.22 bits per heavy atom. The lowest BCUT2D eigenvalue weighted by Gasteiger charge is -2.25. The van der Waals surface area contributed by atoms with Gasteiger partial charge in [0, 0.05) is 18.8 Å². The standard InChI is InChI=1S/C29H33F2N/c1-4-8-27(30)10-7-5-6-9-24-17-18-32(21-24)29-16-11-22(2)19-26(20-23(29)3)25-12-14-28(31)15-13-25/h4,7-8,10-16,20,24H,1,3,5-6,9,17-19,21H2,2H3/b10-7-,22-11-,26-20+,27-8+,29-16+. The summed E-state index contributed by atoms with van der Waals surface area (Å²) in [4.78, 5) is 2.43. The molecule has 1 aliphatic carbocycles. The van der Waals surface area contributed by atoms with Crippen molar-refractivity contribution in [3.63, 3.8) is 0 Å². The van der Waals surface area contributed by atoms with E-state index in [2.05, 4.69) is 43.2 Å². The molecule has 1 nitrogen and oxygen atoms in total. The molecule has 1 atom stereocenters. The van der Waals surface area contributed by atoms with Crippen molar-refractivity contribution in [3.05, 3.63) is 114 Å². The second-order valence-electron chi connectivity index (χ2n) is 8.66. The van der Waals surface area contributed by atoms with E-state index in [0.717, 1.165) is 61.9 Å². The Hall–Kier alpha value is -2.94. The summed E-state index contributed by atoms with van der Waals surface area (Å²) in [5, 5.41) is 0. The van der Waals surface area contributed by atoms with Crippen LogP contribution in [-0.2, 0) is 0 Å². The third kappa shape index (κ3) is 6.78. The number of hydrogen-bond donors (Lipinski definition) is 0. The van der Waals surface area contributed by atoms with Gasteiger partial charge >= 0.3 is 0 Å². The van der Waals surface area contributed by atoms with Crippen LogP contribution in [0, 0.1) is 11.7 Å². The minimum absolute atomic E-state index is 0.219. The molecule has 0 bridgehead atoms. The lowest BCUT2D eigenvalue weighted by molar-refractivity contribution is 0.400. The van der Waals surface area contributed by atoms with E-state index in [0.29, 0.717) is 5.92 Å². The Morgan fingerprint density at radius 3 is 2.75 bits per heavy atom. The van der Waals surface area contributed by atoms with Gasteiger partial charge in [0.25, 0.3) is 0 Å². The molecule has 1 unspecified atom stereocenters. The molecule has 0 aromatic heterocycles. The first-order valence-corrected chi connectivity index (χ1v) is 11.4. The maximum atomic E-state index is 13.4. The van der Waals surface area contributed by atoms with E-state index in [4.69, 9.17) is 0 Å². The highest BCUT2D eigenvalue weighted by Crippen LogP contribution is 2.32. The van der Waals surface area contributed by atoms with Crippen molar-refractivity contribution in [1.29, 1.82) is 0 Å². The van der Waals surface area contributed by atoms with E-state index in [-0.39, 0.29) is 11.6 Å². The van der Waals surface area contributed by atoms with Crippen molar-refractivity contribution in [2.24, 2.45) is 5.92 Å². The minimum atomic E-state index is -0.252. The number of likely N-dealkylation sites (tertiary alicyclic amines) is 1. The second-order valence-corrected chi connectivity index (χ2v) is 8.66. The van der Waals surface area contributed by atoms with Crippen molar-refractivity contribution in [2.75, 3.05) is 13.1 Å². The highest BCUT2D eigenvalue weighted by atomic mass is 19.1. The van der Waals surface area contributed by atoms with Gasteiger partial charge in [0.2, 0.25) is 0 Å². The average molecular weight is 434 g/mol. The molecular weight excluding hydrogens is 400 g/mol. The summed E-state index contributed by atoms with van der Waals surface area (Å²) in [6, 6.07) is 6.70. The van der Waals surface area contributed by atoms with Crippen LogP contribution in [0.25, 0.3) is 5.57 Å². The molecule has 0 N–H and O–H groups in total. The number of rotatable bonds is 8. The second kappa shape index (κ2) is 11.6. The summed E-state index contributed by atoms with van der Waals surface area (Å²) in [6.45, 7) is 12.0. The summed E-state index contributed by atoms with van der Waals surface area (Å²) in [7, 11) is 0. The van der Waals surface area contributed by atoms with E-state index in [1.807, 2.05) is 18.2 Å². The molecule has 2 aliphatic rings. The van der Waals surface area contributed by atoms with Crippen LogP contribution in [0.15, 0.2) is 103 Å². The fraction of sp³-hybridized carbons (Fsp3) is 0.310. The zero-order chi connectivity index (χ0) is 22.9. The minimum Gasteiger partial charge on any atom is -0.371 e. The zero-order valence-electron chi connectivity index (χ0n) is 19.0. The molecular formula is C29H33F2N. The van der Waals surface area contributed by atoms with Crippen molar-refractivity contribution < 1.29 is 8.78 Å². The Labute approximate surface area is 191 Å². The van der Waals surface area contributed by atoms with Gasteiger partial charge in [-0.05, 0) is 98.1 Å². The topological polar surface area (TPSA) is 3.24 Å². The molecule has 3 heteroatoms. The van der Waals surface area contributed by atoms with Crippen LogP contribution >= 0.6 is 0 Å². The van der Waals surface area contributed by atoms with Crippen LogP contribution < -0.4 is 0 Å². The SMILES string of the molecule is C=C/C=C(F)\C=C/CCCC1CCN(/C2=C/C=C(/C)C/C(c3ccc(F)cc3)=C\C2=C)C1. The van der Waals surface area contributed by atoms with Gasteiger partial charge in [0.05, 0.1) is 0 Å². The molecule has 168 valence electrons. The van der Waals surface area contributed by atoms with Gasteiger partial charge in [0.15, 0.2) is 0 Å². The first-order chi connectivity index (χ1) is 15.5. The number of allylic oxidation sites excluding steroid dienone is 10. The van der Waals surface area contributed by atoms with Gasteiger partial charge in [-0.15, -0.1) is 0 Å². The normalized spacial score (nSPS) is 24.9. The van der Waals surface area contributed by atoms with Crippen molar-refractivity contribution in [1.82, 2.24) is 4.90 Å². The molecule has 0 spiro atoms. The molecule has 1 fully saturated rings. The van der Waals surface area contributed by atoms with Crippen LogP contribution in [0.5, 0.6) is 0 Å². The highest BCUT2D eigenvalue weighted by Gasteiger charge is 2.24. The molecule has 1 heterocycles. The fourth-order valence-corrected chi connectivity index (χ4v) is 4.36. The van der Waals surface area contributed by atoms with Crippen molar-refractivity contribution in [3.8, 4) is 0 Å². The molecule has 3 rings (SSSR count). The largest absolute Gasteiger partial charge is 0.371 e. The summed E-state index contributed by atoms with van der Waals surface area (Å²) in [5.41, 5.74) is 5.64. The first kappa shape index (κ1) is 23.7. The van der Waals surface area contributed by atoms with Gasteiger partial charge in [-0.2, -0.15) is 0 Å². The Balaban J connectivity index is 1.61. The molecule has 1 saturated heterocycles. The predicted octanol–water partition coefficient (Wildman–Crippen LogP) is 8.09. The summed E-state index contributed by atoms with van der Waals surface area (Å²) in [6.07, 6.45) is 17.8. The lowest BCUT2D eigenvalue weighted by atomic mass is 9.93. The Bertz CT molecular complexity index is 973. The molecule has 0 amide bonds. The van der Waals surface area contributed by atoms with Crippen molar-refractivity contribution in [2.45, 2.75) is 39.0 Å². The Kier molecular flexibility index (Phi) is 8.61. The number of benzene rings is 1. The third-order valence-corrected chi connectivity index (χ3v) is 6.05. The average Bonchev–Trinajstić information content (AvgIpc) is 3.21. The summed E-state index contributed by atoms with van der Waals surface area (Å²) >= 11 is 0. The van der Waals surface area contributed by atoms with Gasteiger partial charge in [0.1, 0.15) is 11.6 Å². The quantitative estimate of drug-likeness (QED) is 0.296. The van der Waals surface area contributed by atoms with E-state index in [9.17, 15) is 8.78 Å². The van der Waals surface area contributed by atoms with Gasteiger partial charge in [-0.3, -0.25) is 0 Å². The molecule has 1 aromatic carbocycles. The third-order valence-electron chi connectivity index (χ3n) is 6.05.